The summed E-state index contributed by atoms with van der Waals surface area (Å²) in [7, 11) is 0. The lowest BCUT2D eigenvalue weighted by Gasteiger charge is -2.10. The molecule has 1 saturated carbocycles. The van der Waals surface area contributed by atoms with E-state index in [0.29, 0.717) is 11.5 Å². The van der Waals surface area contributed by atoms with Crippen molar-refractivity contribution in [3.05, 3.63) is 35.2 Å². The van der Waals surface area contributed by atoms with E-state index in [-0.39, 0.29) is 11.5 Å². The lowest BCUT2D eigenvalue weighted by molar-refractivity contribution is 0.0995. The van der Waals surface area contributed by atoms with Crippen molar-refractivity contribution in [3.8, 4) is 0 Å². The van der Waals surface area contributed by atoms with Crippen molar-refractivity contribution < 1.29 is 4.79 Å². The molecule has 2 aliphatic carbocycles. The van der Waals surface area contributed by atoms with E-state index in [1.54, 1.807) is 0 Å². The van der Waals surface area contributed by atoms with Gasteiger partial charge in [-0.15, -0.1) is 10.2 Å². The van der Waals surface area contributed by atoms with Crippen molar-refractivity contribution in [2.24, 2.45) is 5.73 Å². The number of nitrogens with two attached hydrogens (primary N) is 2. The number of fused-ring (bicyclic) bond motifs is 1. The van der Waals surface area contributed by atoms with Crippen LogP contribution in [0.1, 0.15) is 66.7 Å². The molecule has 0 unspecified atom stereocenters. The van der Waals surface area contributed by atoms with Gasteiger partial charge in [0.05, 0.1) is 5.69 Å². The Morgan fingerprint density at radius 1 is 0.962 bits per heavy atom. The number of nitrogens with one attached hydrogen (secondary N) is 1. The maximum atomic E-state index is 11.3. The lowest BCUT2D eigenvalue weighted by Crippen LogP contribution is -2.17. The highest BCUT2D eigenvalue weighted by molar-refractivity contribution is 5.97. The Hall–Kier alpha value is -2.70. The molecule has 138 valence electrons. The molecular weight excluding hydrogens is 328 g/mol. The van der Waals surface area contributed by atoms with Gasteiger partial charge in [-0.05, 0) is 30.9 Å². The van der Waals surface area contributed by atoms with Crippen molar-refractivity contribution in [1.82, 2.24) is 15.2 Å². The topological polar surface area (TPSA) is 120 Å². The van der Waals surface area contributed by atoms with E-state index in [2.05, 4.69) is 20.5 Å². The third kappa shape index (κ3) is 4.68. The number of hydrogen-bond acceptors (Lipinski definition) is 6. The van der Waals surface area contributed by atoms with E-state index < -0.39 is 5.91 Å². The van der Waals surface area contributed by atoms with Crippen LogP contribution < -0.4 is 16.8 Å². The van der Waals surface area contributed by atoms with Crippen LogP contribution in [0.25, 0.3) is 0 Å². The van der Waals surface area contributed by atoms with Gasteiger partial charge in [0.25, 0.3) is 5.91 Å². The Morgan fingerprint density at radius 3 is 2.31 bits per heavy atom. The van der Waals surface area contributed by atoms with Crippen molar-refractivity contribution in [2.45, 2.75) is 57.8 Å². The monoisotopic (exact) mass is 354 g/mol. The van der Waals surface area contributed by atoms with E-state index >= 15 is 0 Å². The second-order valence-corrected chi connectivity index (χ2v) is 6.80. The van der Waals surface area contributed by atoms with Gasteiger partial charge in [0.15, 0.2) is 5.69 Å². The first-order chi connectivity index (χ1) is 12.6. The van der Waals surface area contributed by atoms with Crippen LogP contribution in [0.3, 0.4) is 0 Å². The quantitative estimate of drug-likeness (QED) is 0.779. The molecule has 0 bridgehead atoms. The van der Waals surface area contributed by atoms with Crippen LogP contribution in [-0.4, -0.2) is 21.1 Å². The fourth-order valence-electron chi connectivity index (χ4n) is 3.37. The summed E-state index contributed by atoms with van der Waals surface area (Å²) >= 11 is 0. The molecule has 1 fully saturated rings. The van der Waals surface area contributed by atoms with E-state index in [1.165, 1.54) is 50.2 Å². The summed E-state index contributed by atoms with van der Waals surface area (Å²) in [4.78, 5) is 15.9. The van der Waals surface area contributed by atoms with Gasteiger partial charge in [-0.1, -0.05) is 44.6 Å². The van der Waals surface area contributed by atoms with Crippen molar-refractivity contribution in [1.29, 1.82) is 0 Å². The summed E-state index contributed by atoms with van der Waals surface area (Å²) < 4.78 is 0. The molecule has 26 heavy (non-hydrogen) atoms. The molecule has 7 heteroatoms. The normalized spacial score (nSPS) is 15.5. The third-order valence-electron chi connectivity index (χ3n) is 4.74. The number of carbonyl (C=O) groups excluding carboxylic acids is 1. The number of aryl methyl sites for hydroxylation is 2. The van der Waals surface area contributed by atoms with Crippen LogP contribution in [0, 0.1) is 0 Å². The molecule has 2 aromatic rings. The summed E-state index contributed by atoms with van der Waals surface area (Å²) in [6, 6.07) is 5.42. The molecule has 1 amide bonds. The molecule has 2 aliphatic rings. The highest BCUT2D eigenvalue weighted by Gasteiger charge is 2.15. The molecule has 0 saturated heterocycles. The van der Waals surface area contributed by atoms with Crippen LogP contribution in [0.5, 0.6) is 0 Å². The number of pyridine rings is 1. The molecule has 7 nitrogen and oxygen atoms in total. The largest absolute Gasteiger partial charge is 0.382 e. The summed E-state index contributed by atoms with van der Waals surface area (Å²) in [5, 5.41) is 10.4. The zero-order valence-corrected chi connectivity index (χ0v) is 15.0. The zero-order valence-electron chi connectivity index (χ0n) is 15.0. The SMILES string of the molecule is C1CCCCC1.NC(=O)c1nnc(N)cc1Nc1ccc2c(n1)CCC2. The second kappa shape index (κ2) is 8.60. The lowest BCUT2D eigenvalue weighted by atomic mass is 10.0. The van der Waals surface area contributed by atoms with Gasteiger partial charge in [-0.2, -0.15) is 0 Å². The molecule has 0 spiro atoms. The highest BCUT2D eigenvalue weighted by atomic mass is 16.1. The molecule has 0 atom stereocenters. The average Bonchev–Trinajstić information content (AvgIpc) is 3.11. The fourth-order valence-corrected chi connectivity index (χ4v) is 3.37. The van der Waals surface area contributed by atoms with Gasteiger partial charge in [-0.25, -0.2) is 4.98 Å². The zero-order chi connectivity index (χ0) is 18.4. The minimum Gasteiger partial charge on any atom is -0.382 e. The van der Waals surface area contributed by atoms with Crippen LogP contribution in [-0.2, 0) is 12.8 Å². The molecule has 2 aromatic heterocycles. The number of aromatic nitrogens is 3. The summed E-state index contributed by atoms with van der Waals surface area (Å²) in [6.45, 7) is 0. The standard InChI is InChI=1S/C13H14N6O.C6H12/c14-10-6-9(12(13(15)20)19-18-10)17-11-5-4-7-2-1-3-8(7)16-11;1-2-4-6-5-3-1/h4-6H,1-3H2,(H2,15,20)(H3,14,16,17,18);1-6H2. The number of amides is 1. The number of primary amides is 1. The average molecular weight is 354 g/mol. The predicted molar refractivity (Wildman–Crippen MR) is 102 cm³/mol. The first kappa shape index (κ1) is 18.1. The molecule has 2 heterocycles. The van der Waals surface area contributed by atoms with Crippen LogP contribution in [0.15, 0.2) is 18.2 Å². The van der Waals surface area contributed by atoms with Gasteiger partial charge in [0, 0.05) is 11.8 Å². The molecule has 0 aliphatic heterocycles. The smallest absolute Gasteiger partial charge is 0.271 e. The number of rotatable bonds is 3. The number of anilines is 3. The van der Waals surface area contributed by atoms with Crippen LogP contribution >= 0.6 is 0 Å². The first-order valence-corrected chi connectivity index (χ1v) is 9.32. The summed E-state index contributed by atoms with van der Waals surface area (Å²) in [5.74, 6) is 0.181. The van der Waals surface area contributed by atoms with Crippen LogP contribution in [0.2, 0.25) is 0 Å². The first-order valence-electron chi connectivity index (χ1n) is 9.32. The molecule has 5 N–H and O–H groups in total. The molecular formula is C19H26N6O. The van der Waals surface area contributed by atoms with Gasteiger partial charge in [0.2, 0.25) is 0 Å². The number of carbonyl (C=O) groups is 1. The van der Waals surface area contributed by atoms with Crippen LogP contribution in [0.4, 0.5) is 17.3 Å². The molecule has 0 aromatic carbocycles. The van der Waals surface area contributed by atoms with E-state index in [0.717, 1.165) is 25.0 Å². The third-order valence-corrected chi connectivity index (χ3v) is 4.74. The Morgan fingerprint density at radius 2 is 1.65 bits per heavy atom. The Labute approximate surface area is 153 Å². The van der Waals surface area contributed by atoms with E-state index in [9.17, 15) is 4.79 Å². The van der Waals surface area contributed by atoms with Gasteiger partial charge >= 0.3 is 0 Å². The Bertz CT molecular complexity index is 761. The minimum absolute atomic E-state index is 0.0431. The summed E-state index contributed by atoms with van der Waals surface area (Å²) in [5.41, 5.74) is 13.7. The number of hydrogen-bond donors (Lipinski definition) is 3. The number of nitrogen functional groups attached to an aromatic ring is 1. The van der Waals surface area contributed by atoms with Gasteiger partial charge < -0.3 is 16.8 Å². The van der Waals surface area contributed by atoms with Gasteiger partial charge in [0.1, 0.15) is 11.6 Å². The Kier molecular flexibility index (Phi) is 5.99. The summed E-state index contributed by atoms with van der Waals surface area (Å²) in [6.07, 6.45) is 12.2. The van der Waals surface area contributed by atoms with E-state index in [4.69, 9.17) is 11.5 Å². The van der Waals surface area contributed by atoms with E-state index in [1.807, 2.05) is 12.1 Å². The maximum Gasteiger partial charge on any atom is 0.271 e. The van der Waals surface area contributed by atoms with Crippen molar-refractivity contribution >= 4 is 23.2 Å². The fraction of sp³-hybridized carbons (Fsp3) is 0.474. The van der Waals surface area contributed by atoms with Crippen molar-refractivity contribution in [2.75, 3.05) is 11.1 Å². The highest BCUT2D eigenvalue weighted by Crippen LogP contribution is 2.24. The minimum atomic E-state index is -0.666. The molecule has 4 rings (SSSR count). The Balaban J connectivity index is 0.000000278. The molecule has 0 radical (unpaired) electrons. The van der Waals surface area contributed by atoms with Crippen molar-refractivity contribution in [3.63, 3.8) is 0 Å². The maximum absolute atomic E-state index is 11.3. The predicted octanol–water partition coefficient (Wildman–Crippen LogP) is 3.13. The second-order valence-electron chi connectivity index (χ2n) is 6.80. The van der Waals surface area contributed by atoms with Gasteiger partial charge in [-0.3, -0.25) is 4.79 Å². The number of nitrogens with zero attached hydrogens (tertiary/aromatic N) is 3.